The zero-order chi connectivity index (χ0) is 10.1. The Hall–Kier alpha value is -0.700. The Morgan fingerprint density at radius 1 is 1.54 bits per heavy atom. The summed E-state index contributed by atoms with van der Waals surface area (Å²) in [5.41, 5.74) is 4.97. The van der Waals surface area contributed by atoms with E-state index in [9.17, 15) is 13.2 Å². The molecule has 8 heteroatoms. The van der Waals surface area contributed by atoms with Gasteiger partial charge in [0.2, 0.25) is 5.91 Å². The van der Waals surface area contributed by atoms with E-state index in [0.717, 1.165) is 4.31 Å². The van der Waals surface area contributed by atoms with Gasteiger partial charge in [0.05, 0.1) is 13.2 Å². The molecular formula is C5H11N3O4S. The van der Waals surface area contributed by atoms with Gasteiger partial charge in [0.1, 0.15) is 6.04 Å². The summed E-state index contributed by atoms with van der Waals surface area (Å²) in [4.78, 5) is 10.8. The second-order valence-electron chi connectivity index (χ2n) is 2.65. The molecule has 1 aliphatic rings. The van der Waals surface area contributed by atoms with E-state index in [1.165, 1.54) is 0 Å². The van der Waals surface area contributed by atoms with Crippen LogP contribution >= 0.6 is 0 Å². The molecule has 76 valence electrons. The maximum Gasteiger partial charge on any atom is 0.277 e. The highest BCUT2D eigenvalue weighted by molar-refractivity contribution is 7.86. The van der Waals surface area contributed by atoms with E-state index in [2.05, 4.69) is 0 Å². The Labute approximate surface area is 75.8 Å². The predicted molar refractivity (Wildman–Crippen MR) is 43.6 cm³/mol. The number of primary amides is 1. The number of morpholine rings is 1. The molecule has 0 bridgehead atoms. The molecule has 1 fully saturated rings. The second kappa shape index (κ2) is 3.58. The van der Waals surface area contributed by atoms with E-state index < -0.39 is 22.2 Å². The molecule has 1 amide bonds. The van der Waals surface area contributed by atoms with Crippen molar-refractivity contribution in [3.05, 3.63) is 0 Å². The van der Waals surface area contributed by atoms with Crippen LogP contribution in [-0.4, -0.2) is 44.4 Å². The van der Waals surface area contributed by atoms with Gasteiger partial charge in [0, 0.05) is 6.54 Å². The van der Waals surface area contributed by atoms with Crippen LogP contribution in [0.5, 0.6) is 0 Å². The number of ether oxygens (including phenoxy) is 1. The molecule has 0 spiro atoms. The van der Waals surface area contributed by atoms with Crippen molar-refractivity contribution in [2.45, 2.75) is 6.04 Å². The molecule has 0 aliphatic carbocycles. The number of rotatable bonds is 2. The molecule has 13 heavy (non-hydrogen) atoms. The van der Waals surface area contributed by atoms with Gasteiger partial charge < -0.3 is 10.5 Å². The normalized spacial score (nSPS) is 25.8. The Bertz CT molecular complexity index is 301. The molecule has 0 aromatic carbocycles. The maximum absolute atomic E-state index is 10.9. The van der Waals surface area contributed by atoms with Gasteiger partial charge in [-0.25, -0.2) is 5.14 Å². The van der Waals surface area contributed by atoms with Crippen LogP contribution in [0.25, 0.3) is 0 Å². The van der Waals surface area contributed by atoms with Crippen molar-refractivity contribution in [1.29, 1.82) is 0 Å². The van der Waals surface area contributed by atoms with E-state index in [1.54, 1.807) is 0 Å². The number of carbonyl (C=O) groups excluding carboxylic acids is 1. The third kappa shape index (κ3) is 2.37. The monoisotopic (exact) mass is 209 g/mol. The minimum absolute atomic E-state index is 0.0359. The number of nitrogens with two attached hydrogens (primary N) is 2. The molecule has 0 aromatic rings. The molecular weight excluding hydrogens is 198 g/mol. The molecule has 0 saturated carbocycles. The third-order valence-electron chi connectivity index (χ3n) is 1.73. The van der Waals surface area contributed by atoms with E-state index in [4.69, 9.17) is 15.6 Å². The summed E-state index contributed by atoms with van der Waals surface area (Å²) >= 11 is 0. The molecule has 4 N–H and O–H groups in total. The van der Waals surface area contributed by atoms with Crippen molar-refractivity contribution in [1.82, 2.24) is 4.31 Å². The molecule has 1 atom stereocenters. The summed E-state index contributed by atoms with van der Waals surface area (Å²) in [6.45, 7) is 0.248. The number of hydrogen-bond acceptors (Lipinski definition) is 4. The molecule has 7 nitrogen and oxygen atoms in total. The van der Waals surface area contributed by atoms with E-state index in [-0.39, 0.29) is 19.8 Å². The van der Waals surface area contributed by atoms with Crippen molar-refractivity contribution < 1.29 is 17.9 Å². The van der Waals surface area contributed by atoms with E-state index in [0.29, 0.717) is 0 Å². The molecule has 1 heterocycles. The first-order valence-electron chi connectivity index (χ1n) is 3.59. The van der Waals surface area contributed by atoms with E-state index in [1.807, 2.05) is 0 Å². The van der Waals surface area contributed by atoms with Crippen molar-refractivity contribution in [2.75, 3.05) is 19.8 Å². The Kier molecular flexibility index (Phi) is 2.86. The van der Waals surface area contributed by atoms with E-state index >= 15 is 0 Å². The molecule has 1 unspecified atom stereocenters. The lowest BCUT2D eigenvalue weighted by Crippen LogP contribution is -2.56. The van der Waals surface area contributed by atoms with Crippen LogP contribution in [0.4, 0.5) is 0 Å². The largest absolute Gasteiger partial charge is 0.378 e. The minimum Gasteiger partial charge on any atom is -0.378 e. The fourth-order valence-electron chi connectivity index (χ4n) is 1.12. The summed E-state index contributed by atoms with van der Waals surface area (Å²) in [6, 6.07) is -0.983. The second-order valence-corrected chi connectivity index (χ2v) is 4.15. The lowest BCUT2D eigenvalue weighted by atomic mass is 10.3. The Balaban J connectivity index is 2.86. The average Bonchev–Trinajstić information content (AvgIpc) is 2.03. The number of amides is 1. The summed E-state index contributed by atoms with van der Waals surface area (Å²) in [7, 11) is -3.87. The fourth-order valence-corrected chi connectivity index (χ4v) is 1.97. The first-order chi connectivity index (χ1) is 5.93. The van der Waals surface area contributed by atoms with Gasteiger partial charge in [0.25, 0.3) is 10.2 Å². The number of nitrogens with zero attached hydrogens (tertiary/aromatic N) is 1. The van der Waals surface area contributed by atoms with Gasteiger partial charge in [-0.3, -0.25) is 4.79 Å². The van der Waals surface area contributed by atoms with Gasteiger partial charge in [-0.2, -0.15) is 12.7 Å². The van der Waals surface area contributed by atoms with Crippen LogP contribution in [0.1, 0.15) is 0 Å². The molecule has 1 saturated heterocycles. The number of carbonyl (C=O) groups is 1. The van der Waals surface area contributed by atoms with Gasteiger partial charge >= 0.3 is 0 Å². The molecule has 0 aromatic heterocycles. The van der Waals surface area contributed by atoms with Gasteiger partial charge in [-0.1, -0.05) is 0 Å². The van der Waals surface area contributed by atoms with Crippen molar-refractivity contribution in [2.24, 2.45) is 10.9 Å². The molecule has 1 aliphatic heterocycles. The Morgan fingerprint density at radius 2 is 2.15 bits per heavy atom. The summed E-state index contributed by atoms with van der Waals surface area (Å²) < 4.78 is 27.6. The lowest BCUT2D eigenvalue weighted by Gasteiger charge is -2.30. The van der Waals surface area contributed by atoms with Gasteiger partial charge in [0.15, 0.2) is 0 Å². The standard InChI is InChI=1S/C5H11N3O4S/c6-5(9)4-3-12-2-1-8(4)13(7,10)11/h4H,1-3H2,(H2,6,9)(H2,7,10,11). The lowest BCUT2D eigenvalue weighted by molar-refractivity contribution is -0.125. The van der Waals surface area contributed by atoms with Gasteiger partial charge in [-0.05, 0) is 0 Å². The highest BCUT2D eigenvalue weighted by Crippen LogP contribution is 2.08. The fraction of sp³-hybridized carbons (Fsp3) is 0.800. The number of hydrogen-bond donors (Lipinski definition) is 2. The van der Waals surface area contributed by atoms with Crippen molar-refractivity contribution >= 4 is 16.1 Å². The smallest absolute Gasteiger partial charge is 0.277 e. The van der Waals surface area contributed by atoms with Crippen molar-refractivity contribution in [3.8, 4) is 0 Å². The third-order valence-corrected chi connectivity index (χ3v) is 2.83. The average molecular weight is 209 g/mol. The SMILES string of the molecule is NC(=O)C1COCCN1S(N)(=O)=O. The zero-order valence-corrected chi connectivity index (χ0v) is 7.66. The first-order valence-corrected chi connectivity index (χ1v) is 5.10. The molecule has 0 radical (unpaired) electrons. The van der Waals surface area contributed by atoms with Crippen molar-refractivity contribution in [3.63, 3.8) is 0 Å². The van der Waals surface area contributed by atoms with Crippen LogP contribution in [0, 0.1) is 0 Å². The minimum atomic E-state index is -3.87. The van der Waals surface area contributed by atoms with Crippen LogP contribution in [0.2, 0.25) is 0 Å². The van der Waals surface area contributed by atoms with Crippen LogP contribution in [0.15, 0.2) is 0 Å². The van der Waals surface area contributed by atoms with Gasteiger partial charge in [-0.15, -0.1) is 0 Å². The summed E-state index contributed by atoms with van der Waals surface area (Å²) in [6.07, 6.45) is 0. The Morgan fingerprint density at radius 3 is 2.54 bits per heavy atom. The first kappa shape index (κ1) is 10.4. The quantitative estimate of drug-likeness (QED) is 0.517. The molecule has 1 rings (SSSR count). The summed E-state index contributed by atoms with van der Waals surface area (Å²) in [5.74, 6) is -0.756. The highest BCUT2D eigenvalue weighted by Gasteiger charge is 2.34. The highest BCUT2D eigenvalue weighted by atomic mass is 32.2. The van der Waals surface area contributed by atoms with Crippen LogP contribution < -0.4 is 10.9 Å². The topological polar surface area (TPSA) is 116 Å². The summed E-state index contributed by atoms with van der Waals surface area (Å²) in [5, 5.41) is 4.87. The predicted octanol–water partition coefficient (Wildman–Crippen LogP) is -2.62. The van der Waals surface area contributed by atoms with Crippen LogP contribution in [0.3, 0.4) is 0 Å². The van der Waals surface area contributed by atoms with Crippen LogP contribution in [-0.2, 0) is 19.7 Å². The maximum atomic E-state index is 10.9. The zero-order valence-electron chi connectivity index (χ0n) is 6.84.